The number of phenolic OH excluding ortho intramolecular Hbond substituents is 2. The van der Waals surface area contributed by atoms with Gasteiger partial charge in [0.25, 0.3) is 0 Å². The number of phenols is 2. The predicted octanol–water partition coefficient (Wildman–Crippen LogP) is 2.22. The van der Waals surface area contributed by atoms with Crippen LogP contribution in [0.2, 0.25) is 0 Å². The standard InChI is InChI=1S/C24H27IN4O8/c1-4-36-19-8-13(22-21(23(33)35-3)12(2)27-24(34)28-22)5-6-18(19)37-11-20(32)29-26-10-14-7-15(25)17(31)9-16(14)30/h5-10,20,22,29-32H,4,11H2,1-3H3,(H2,27,28,34)/b26-10-/t20-,22-/m0/s1. The lowest BCUT2D eigenvalue weighted by molar-refractivity contribution is -0.136. The molecule has 2 aromatic carbocycles. The number of rotatable bonds is 10. The summed E-state index contributed by atoms with van der Waals surface area (Å²) in [6.45, 7) is 3.51. The SMILES string of the molecule is CCOc1cc([C@@H]2NC(=O)NC(C)=C2C(=O)OC)ccc1OC[C@H](O)N/N=C\c1cc(I)c(O)cc1O. The van der Waals surface area contributed by atoms with Crippen molar-refractivity contribution in [1.29, 1.82) is 0 Å². The molecule has 2 aromatic rings. The Balaban J connectivity index is 1.71. The van der Waals surface area contributed by atoms with Crippen LogP contribution in [0.5, 0.6) is 23.0 Å². The number of aliphatic hydroxyl groups excluding tert-OH is 1. The first-order chi connectivity index (χ1) is 17.6. The summed E-state index contributed by atoms with van der Waals surface area (Å²) < 4.78 is 16.8. The fourth-order valence-electron chi connectivity index (χ4n) is 3.48. The van der Waals surface area contributed by atoms with E-state index in [4.69, 9.17) is 14.2 Å². The number of allylic oxidation sites excluding steroid dienone is 1. The van der Waals surface area contributed by atoms with Crippen molar-refractivity contribution in [2.24, 2.45) is 5.10 Å². The highest BCUT2D eigenvalue weighted by Gasteiger charge is 2.32. The molecule has 0 aliphatic carbocycles. The van der Waals surface area contributed by atoms with Gasteiger partial charge in [-0.25, -0.2) is 9.59 Å². The maximum absolute atomic E-state index is 12.4. The molecular formula is C24H27IN4O8. The van der Waals surface area contributed by atoms with Crippen LogP contribution < -0.4 is 25.5 Å². The van der Waals surface area contributed by atoms with Crippen molar-refractivity contribution in [3.05, 3.63) is 56.3 Å². The molecule has 13 heteroatoms. The Bertz CT molecular complexity index is 1230. The van der Waals surface area contributed by atoms with Crippen LogP contribution in [0.4, 0.5) is 4.79 Å². The average molecular weight is 626 g/mol. The first-order valence-corrected chi connectivity index (χ1v) is 12.2. The predicted molar refractivity (Wildman–Crippen MR) is 141 cm³/mol. The van der Waals surface area contributed by atoms with Crippen molar-refractivity contribution in [2.75, 3.05) is 20.3 Å². The second-order valence-corrected chi connectivity index (χ2v) is 8.94. The number of carbonyl (C=O) groups excluding carboxylic acids is 2. The van der Waals surface area contributed by atoms with Gasteiger partial charge in [0.2, 0.25) is 0 Å². The van der Waals surface area contributed by atoms with Crippen molar-refractivity contribution >= 4 is 40.8 Å². The molecule has 1 aliphatic rings. The lowest BCUT2D eigenvalue weighted by atomic mass is 9.95. The van der Waals surface area contributed by atoms with Gasteiger partial charge in [0.05, 0.1) is 35.1 Å². The third kappa shape index (κ3) is 6.95. The molecule has 0 radical (unpaired) electrons. The van der Waals surface area contributed by atoms with E-state index in [9.17, 15) is 24.9 Å². The molecule has 0 bridgehead atoms. The van der Waals surface area contributed by atoms with Crippen LogP contribution in [0.1, 0.15) is 31.0 Å². The summed E-state index contributed by atoms with van der Waals surface area (Å²) in [6, 6.07) is 6.40. The van der Waals surface area contributed by atoms with E-state index in [1.54, 1.807) is 32.0 Å². The van der Waals surface area contributed by atoms with Crippen molar-refractivity contribution < 1.29 is 39.1 Å². The van der Waals surface area contributed by atoms with Gasteiger partial charge in [-0.1, -0.05) is 6.07 Å². The van der Waals surface area contributed by atoms with Gasteiger partial charge in [0.1, 0.15) is 18.1 Å². The molecule has 12 nitrogen and oxygen atoms in total. The lowest BCUT2D eigenvalue weighted by Gasteiger charge is -2.28. The number of hydrazone groups is 1. The number of methoxy groups -OCH3 is 1. The summed E-state index contributed by atoms with van der Waals surface area (Å²) in [6.07, 6.45) is 0.0893. The number of ether oxygens (including phenoxy) is 3. The van der Waals surface area contributed by atoms with Gasteiger partial charge >= 0.3 is 12.0 Å². The number of nitrogens with zero attached hydrogens (tertiary/aromatic N) is 1. The third-order valence-corrected chi connectivity index (χ3v) is 6.06. The van der Waals surface area contributed by atoms with Crippen molar-refractivity contribution in [3.8, 4) is 23.0 Å². The Labute approximate surface area is 226 Å². The number of benzene rings is 2. The normalized spacial score (nSPS) is 16.1. The van der Waals surface area contributed by atoms with Crippen molar-refractivity contribution in [1.82, 2.24) is 16.1 Å². The van der Waals surface area contributed by atoms with E-state index in [0.29, 0.717) is 38.5 Å². The molecule has 0 unspecified atom stereocenters. The van der Waals surface area contributed by atoms with Crippen LogP contribution in [0.25, 0.3) is 0 Å². The van der Waals surface area contributed by atoms with Gasteiger partial charge in [-0.15, -0.1) is 0 Å². The fraction of sp³-hybridized carbons (Fsp3) is 0.292. The van der Waals surface area contributed by atoms with Gasteiger partial charge in [-0.05, 0) is 60.2 Å². The molecule has 1 heterocycles. The quantitative estimate of drug-likeness (QED) is 0.0761. The number of hydrogen-bond acceptors (Lipinski definition) is 10. The Hall–Kier alpha value is -3.72. The molecule has 0 fully saturated rings. The van der Waals surface area contributed by atoms with Gasteiger partial charge < -0.3 is 40.2 Å². The maximum atomic E-state index is 12.4. The highest BCUT2D eigenvalue weighted by molar-refractivity contribution is 14.1. The molecule has 0 spiro atoms. The zero-order chi connectivity index (χ0) is 27.1. The first-order valence-electron chi connectivity index (χ1n) is 11.1. The summed E-state index contributed by atoms with van der Waals surface area (Å²) in [5.74, 6) is -0.141. The van der Waals surface area contributed by atoms with E-state index in [1.807, 2.05) is 22.6 Å². The third-order valence-electron chi connectivity index (χ3n) is 5.20. The van der Waals surface area contributed by atoms with E-state index >= 15 is 0 Å². The Morgan fingerprint density at radius 3 is 2.68 bits per heavy atom. The van der Waals surface area contributed by atoms with Crippen LogP contribution in [0.15, 0.2) is 46.7 Å². The minimum Gasteiger partial charge on any atom is -0.507 e. The molecule has 1 aliphatic heterocycles. The van der Waals surface area contributed by atoms with E-state index < -0.39 is 24.3 Å². The van der Waals surface area contributed by atoms with E-state index in [2.05, 4.69) is 21.2 Å². The average Bonchev–Trinajstić information content (AvgIpc) is 2.85. The Morgan fingerprint density at radius 1 is 1.22 bits per heavy atom. The number of aromatic hydroxyl groups is 2. The monoisotopic (exact) mass is 626 g/mol. The molecule has 198 valence electrons. The maximum Gasteiger partial charge on any atom is 0.337 e. The minimum atomic E-state index is -1.20. The highest BCUT2D eigenvalue weighted by atomic mass is 127. The number of amides is 2. The fourth-order valence-corrected chi connectivity index (χ4v) is 3.98. The number of urea groups is 1. The van der Waals surface area contributed by atoms with Crippen molar-refractivity contribution in [2.45, 2.75) is 26.1 Å². The molecule has 0 saturated heterocycles. The van der Waals surface area contributed by atoms with Crippen LogP contribution >= 0.6 is 22.6 Å². The van der Waals surface area contributed by atoms with Crippen LogP contribution in [-0.2, 0) is 9.53 Å². The number of hydrogen-bond donors (Lipinski definition) is 6. The molecule has 2 atom stereocenters. The Morgan fingerprint density at radius 2 is 1.97 bits per heavy atom. The number of aliphatic hydroxyl groups is 1. The minimum absolute atomic E-state index is 0.0528. The van der Waals surface area contributed by atoms with Crippen LogP contribution in [0.3, 0.4) is 0 Å². The first kappa shape index (κ1) is 27.9. The number of halogens is 1. The number of nitrogens with one attached hydrogen (secondary N) is 3. The van der Waals surface area contributed by atoms with E-state index in [1.165, 1.54) is 25.5 Å². The second kappa shape index (κ2) is 12.5. The molecule has 0 aromatic heterocycles. The summed E-state index contributed by atoms with van der Waals surface area (Å²) in [4.78, 5) is 24.4. The zero-order valence-corrected chi connectivity index (χ0v) is 22.4. The van der Waals surface area contributed by atoms with Gasteiger partial charge in [0, 0.05) is 17.3 Å². The van der Waals surface area contributed by atoms with Crippen LogP contribution in [0, 0.1) is 3.57 Å². The molecule has 6 N–H and O–H groups in total. The molecular weight excluding hydrogens is 599 g/mol. The summed E-state index contributed by atoms with van der Waals surface area (Å²) in [5, 5.41) is 38.9. The number of esters is 1. The van der Waals surface area contributed by atoms with Gasteiger partial charge in [0.15, 0.2) is 17.7 Å². The summed E-state index contributed by atoms with van der Waals surface area (Å²) in [5.41, 5.74) is 4.03. The molecule has 37 heavy (non-hydrogen) atoms. The topological polar surface area (TPSA) is 171 Å². The second-order valence-electron chi connectivity index (χ2n) is 7.78. The Kier molecular flexibility index (Phi) is 9.41. The summed E-state index contributed by atoms with van der Waals surface area (Å²) >= 11 is 1.91. The largest absolute Gasteiger partial charge is 0.507 e. The van der Waals surface area contributed by atoms with Gasteiger partial charge in [-0.2, -0.15) is 5.10 Å². The molecule has 0 saturated carbocycles. The highest BCUT2D eigenvalue weighted by Crippen LogP contribution is 2.35. The lowest BCUT2D eigenvalue weighted by Crippen LogP contribution is -2.45. The zero-order valence-electron chi connectivity index (χ0n) is 20.2. The number of carbonyl (C=O) groups is 2. The van der Waals surface area contributed by atoms with Crippen LogP contribution in [-0.4, -0.2) is 60.1 Å². The van der Waals surface area contributed by atoms with Gasteiger partial charge in [-0.3, -0.25) is 5.43 Å². The van der Waals surface area contributed by atoms with E-state index in [0.717, 1.165) is 0 Å². The molecule has 3 rings (SSSR count). The smallest absolute Gasteiger partial charge is 0.337 e. The summed E-state index contributed by atoms with van der Waals surface area (Å²) in [7, 11) is 1.26. The van der Waals surface area contributed by atoms with Crippen molar-refractivity contribution in [3.63, 3.8) is 0 Å². The van der Waals surface area contributed by atoms with E-state index in [-0.39, 0.29) is 23.7 Å². The molecule has 2 amide bonds.